The Bertz CT molecular complexity index is 415. The van der Waals surface area contributed by atoms with Gasteiger partial charge >= 0.3 is 0 Å². The lowest BCUT2D eigenvalue weighted by Crippen LogP contribution is -2.07. The molecule has 2 heterocycles. The lowest BCUT2D eigenvalue weighted by atomic mass is 10.4. The van der Waals surface area contributed by atoms with Crippen LogP contribution in [0, 0.1) is 0 Å². The van der Waals surface area contributed by atoms with Crippen molar-refractivity contribution in [1.29, 1.82) is 0 Å². The van der Waals surface area contributed by atoms with Crippen molar-refractivity contribution in [3.63, 3.8) is 0 Å². The van der Waals surface area contributed by atoms with Crippen molar-refractivity contribution < 1.29 is 0 Å². The molecule has 0 aromatic carbocycles. The molecular formula is C8H9ClN6. The number of halogens is 1. The molecule has 0 spiro atoms. The summed E-state index contributed by atoms with van der Waals surface area (Å²) < 4.78 is 0. The minimum atomic E-state index is 0.236. The van der Waals surface area contributed by atoms with E-state index in [-0.39, 0.29) is 5.28 Å². The van der Waals surface area contributed by atoms with Crippen LogP contribution >= 0.6 is 11.6 Å². The van der Waals surface area contributed by atoms with Crippen LogP contribution in [0.4, 0.5) is 5.82 Å². The second kappa shape index (κ2) is 4.70. The maximum atomic E-state index is 5.63. The number of nitrogens with one attached hydrogen (secondary N) is 2. The van der Waals surface area contributed by atoms with Crippen LogP contribution in [0.5, 0.6) is 0 Å². The number of hydrogen-bond acceptors (Lipinski definition) is 5. The van der Waals surface area contributed by atoms with Gasteiger partial charge in [0, 0.05) is 19.2 Å². The Hall–Kier alpha value is -1.69. The first kappa shape index (κ1) is 9.85. The Morgan fingerprint density at radius 1 is 1.40 bits per heavy atom. The zero-order chi connectivity index (χ0) is 10.5. The summed E-state index contributed by atoms with van der Waals surface area (Å²) in [6.45, 7) is 0.711. The molecule has 15 heavy (non-hydrogen) atoms. The van der Waals surface area contributed by atoms with E-state index in [1.807, 2.05) is 0 Å². The molecule has 0 atom stereocenters. The van der Waals surface area contributed by atoms with Gasteiger partial charge in [-0.15, -0.1) is 0 Å². The Balaban J connectivity index is 1.83. The Morgan fingerprint density at radius 3 is 3.07 bits per heavy atom. The van der Waals surface area contributed by atoms with Crippen molar-refractivity contribution in [2.45, 2.75) is 6.42 Å². The molecule has 2 aromatic rings. The zero-order valence-corrected chi connectivity index (χ0v) is 8.57. The molecule has 0 saturated carbocycles. The van der Waals surface area contributed by atoms with Crippen molar-refractivity contribution in [2.75, 3.05) is 11.9 Å². The van der Waals surface area contributed by atoms with E-state index in [1.54, 1.807) is 12.3 Å². The predicted octanol–water partition coefficient (Wildman–Crippen LogP) is 0.903. The van der Waals surface area contributed by atoms with Gasteiger partial charge in [0.15, 0.2) is 0 Å². The molecule has 78 valence electrons. The second-order valence-electron chi connectivity index (χ2n) is 2.82. The van der Waals surface area contributed by atoms with Gasteiger partial charge in [-0.3, -0.25) is 5.10 Å². The zero-order valence-electron chi connectivity index (χ0n) is 7.81. The van der Waals surface area contributed by atoms with E-state index in [0.29, 0.717) is 12.4 Å². The molecular weight excluding hydrogens is 216 g/mol. The average molecular weight is 225 g/mol. The Morgan fingerprint density at radius 2 is 2.33 bits per heavy atom. The molecule has 0 bridgehead atoms. The van der Waals surface area contributed by atoms with Crippen LogP contribution in [-0.2, 0) is 6.42 Å². The van der Waals surface area contributed by atoms with Gasteiger partial charge in [0.25, 0.3) is 0 Å². The Labute approximate surface area is 91.1 Å². The molecule has 0 aliphatic rings. The van der Waals surface area contributed by atoms with Gasteiger partial charge in [0.05, 0.1) is 0 Å². The molecule has 0 radical (unpaired) electrons. The molecule has 2 N–H and O–H groups in total. The van der Waals surface area contributed by atoms with E-state index in [2.05, 4.69) is 30.5 Å². The number of aromatic amines is 1. The predicted molar refractivity (Wildman–Crippen MR) is 55.6 cm³/mol. The van der Waals surface area contributed by atoms with Crippen molar-refractivity contribution in [1.82, 2.24) is 25.1 Å². The van der Waals surface area contributed by atoms with E-state index in [4.69, 9.17) is 11.6 Å². The van der Waals surface area contributed by atoms with Crippen molar-refractivity contribution in [3.05, 3.63) is 29.7 Å². The highest BCUT2D eigenvalue weighted by atomic mass is 35.5. The van der Waals surface area contributed by atoms with Crippen molar-refractivity contribution >= 4 is 17.4 Å². The van der Waals surface area contributed by atoms with E-state index in [1.165, 1.54) is 6.33 Å². The normalized spacial score (nSPS) is 10.2. The molecule has 2 aromatic heterocycles. The third-order valence-electron chi connectivity index (χ3n) is 1.76. The molecule has 7 heteroatoms. The first-order chi connectivity index (χ1) is 7.34. The summed E-state index contributed by atoms with van der Waals surface area (Å²) in [6, 6.07) is 1.76. The van der Waals surface area contributed by atoms with Crippen LogP contribution < -0.4 is 5.32 Å². The summed E-state index contributed by atoms with van der Waals surface area (Å²) >= 11 is 5.63. The summed E-state index contributed by atoms with van der Waals surface area (Å²) in [5.74, 6) is 1.54. The largest absolute Gasteiger partial charge is 0.369 e. The SMILES string of the molecule is Clc1nccc(NCCc2ncn[nH]2)n1. The Kier molecular flexibility index (Phi) is 3.08. The summed E-state index contributed by atoms with van der Waals surface area (Å²) in [6.07, 6.45) is 3.84. The van der Waals surface area contributed by atoms with Crippen molar-refractivity contribution in [2.24, 2.45) is 0 Å². The quantitative estimate of drug-likeness (QED) is 0.755. The number of nitrogens with zero attached hydrogens (tertiary/aromatic N) is 4. The molecule has 2 rings (SSSR count). The maximum Gasteiger partial charge on any atom is 0.224 e. The first-order valence-corrected chi connectivity index (χ1v) is 4.79. The number of rotatable bonds is 4. The highest BCUT2D eigenvalue weighted by Crippen LogP contribution is 2.05. The van der Waals surface area contributed by atoms with Gasteiger partial charge in [0.1, 0.15) is 18.0 Å². The van der Waals surface area contributed by atoms with Gasteiger partial charge in [0.2, 0.25) is 5.28 Å². The maximum absolute atomic E-state index is 5.63. The third-order valence-corrected chi connectivity index (χ3v) is 1.94. The fourth-order valence-corrected chi connectivity index (χ4v) is 1.24. The van der Waals surface area contributed by atoms with Gasteiger partial charge in [-0.2, -0.15) is 5.10 Å². The fraction of sp³-hybridized carbons (Fsp3) is 0.250. The summed E-state index contributed by atoms with van der Waals surface area (Å²) in [5.41, 5.74) is 0. The van der Waals surface area contributed by atoms with E-state index in [9.17, 15) is 0 Å². The van der Waals surface area contributed by atoms with E-state index >= 15 is 0 Å². The number of hydrogen-bond donors (Lipinski definition) is 2. The second-order valence-corrected chi connectivity index (χ2v) is 3.16. The smallest absolute Gasteiger partial charge is 0.224 e. The van der Waals surface area contributed by atoms with Crippen molar-refractivity contribution in [3.8, 4) is 0 Å². The molecule has 6 nitrogen and oxygen atoms in total. The van der Waals surface area contributed by atoms with Crippen LogP contribution in [0.1, 0.15) is 5.82 Å². The highest BCUT2D eigenvalue weighted by Gasteiger charge is 1.97. The minimum absolute atomic E-state index is 0.236. The number of H-pyrrole nitrogens is 1. The standard InChI is InChI=1S/C8H9ClN6/c9-8-11-4-1-6(14-8)10-3-2-7-12-5-13-15-7/h1,4-5H,2-3H2,(H,10,11,14)(H,12,13,15). The molecule has 0 saturated heterocycles. The lowest BCUT2D eigenvalue weighted by molar-refractivity contribution is 0.896. The number of anilines is 1. The minimum Gasteiger partial charge on any atom is -0.369 e. The third kappa shape index (κ3) is 2.88. The first-order valence-electron chi connectivity index (χ1n) is 4.41. The molecule has 0 aliphatic heterocycles. The van der Waals surface area contributed by atoms with Crippen LogP contribution in [-0.4, -0.2) is 31.7 Å². The van der Waals surface area contributed by atoms with Gasteiger partial charge in [-0.05, 0) is 17.7 Å². The highest BCUT2D eigenvalue weighted by molar-refractivity contribution is 6.28. The fourth-order valence-electron chi connectivity index (χ4n) is 1.09. The number of aromatic nitrogens is 5. The lowest BCUT2D eigenvalue weighted by Gasteiger charge is -2.02. The van der Waals surface area contributed by atoms with Gasteiger partial charge < -0.3 is 5.32 Å². The van der Waals surface area contributed by atoms with E-state index < -0.39 is 0 Å². The molecule has 0 amide bonds. The van der Waals surface area contributed by atoms with Gasteiger partial charge in [-0.25, -0.2) is 15.0 Å². The average Bonchev–Trinajstić information content (AvgIpc) is 2.71. The molecule has 0 fully saturated rings. The van der Waals surface area contributed by atoms with Crippen LogP contribution in [0.25, 0.3) is 0 Å². The summed E-state index contributed by atoms with van der Waals surface area (Å²) in [4.78, 5) is 11.8. The van der Waals surface area contributed by atoms with E-state index in [0.717, 1.165) is 12.2 Å². The van der Waals surface area contributed by atoms with Crippen LogP contribution in [0.15, 0.2) is 18.6 Å². The summed E-state index contributed by atoms with van der Waals surface area (Å²) in [7, 11) is 0. The van der Waals surface area contributed by atoms with Crippen LogP contribution in [0.2, 0.25) is 5.28 Å². The van der Waals surface area contributed by atoms with Gasteiger partial charge in [-0.1, -0.05) is 0 Å². The topological polar surface area (TPSA) is 79.4 Å². The summed E-state index contributed by atoms with van der Waals surface area (Å²) in [5, 5.41) is 9.86. The molecule has 0 unspecified atom stereocenters. The monoisotopic (exact) mass is 224 g/mol. The molecule has 0 aliphatic carbocycles. The van der Waals surface area contributed by atoms with Crippen LogP contribution in [0.3, 0.4) is 0 Å².